The summed E-state index contributed by atoms with van der Waals surface area (Å²) in [6, 6.07) is 14.0. The van der Waals surface area contributed by atoms with Gasteiger partial charge in [-0.3, -0.25) is 19.2 Å². The molecule has 30 heavy (non-hydrogen) atoms. The number of anilines is 1. The average Bonchev–Trinajstić information content (AvgIpc) is 2.69. The Kier molecular flexibility index (Phi) is 8.67. The average molecular weight is 452 g/mol. The van der Waals surface area contributed by atoms with Crippen LogP contribution in [0.2, 0.25) is 0 Å². The van der Waals surface area contributed by atoms with Crippen molar-refractivity contribution >= 4 is 39.1 Å². The molecule has 0 unspecified atom stereocenters. The molecular weight excluding hydrogens is 426 g/mol. The molecule has 0 atom stereocenters. The maximum atomic E-state index is 12.3. The second kappa shape index (κ2) is 11.0. The second-order valence-corrected chi connectivity index (χ2v) is 9.75. The van der Waals surface area contributed by atoms with E-state index in [-0.39, 0.29) is 11.4 Å². The summed E-state index contributed by atoms with van der Waals surface area (Å²) < 4.78 is 25.3. The van der Waals surface area contributed by atoms with E-state index in [1.54, 1.807) is 18.7 Å². The van der Waals surface area contributed by atoms with Crippen LogP contribution in [-0.4, -0.2) is 44.3 Å². The van der Waals surface area contributed by atoms with Crippen molar-refractivity contribution in [2.75, 3.05) is 29.4 Å². The van der Waals surface area contributed by atoms with E-state index >= 15 is 0 Å². The summed E-state index contributed by atoms with van der Waals surface area (Å²) in [5.41, 5.74) is 1.65. The fraction of sp³-hybridized carbons (Fsp3) is 0.350. The van der Waals surface area contributed by atoms with Crippen molar-refractivity contribution in [3.8, 4) is 0 Å². The Balaban J connectivity index is 1.89. The number of amides is 1. The third-order valence-corrected chi connectivity index (χ3v) is 6.50. The molecule has 0 aliphatic heterocycles. The molecule has 0 spiro atoms. The van der Waals surface area contributed by atoms with Crippen molar-refractivity contribution in [3.05, 3.63) is 69.8 Å². The van der Waals surface area contributed by atoms with Crippen LogP contribution in [0.5, 0.6) is 0 Å². The number of carbonyl (C=O) groups excluding carboxylic acids is 1. The van der Waals surface area contributed by atoms with Gasteiger partial charge in [-0.1, -0.05) is 36.4 Å². The van der Waals surface area contributed by atoms with Crippen LogP contribution >= 0.6 is 11.8 Å². The van der Waals surface area contributed by atoms with Crippen LogP contribution in [0.4, 0.5) is 11.4 Å². The van der Waals surface area contributed by atoms with Gasteiger partial charge in [-0.05, 0) is 30.2 Å². The molecular formula is C20H25N3O5S2. The topological polar surface area (TPSA) is 110 Å². The standard InChI is InChI=1S/C20H25N3O5S2/c1-16-9-10-18(23(25)26)13-19(16)22(30(2,27)28)14-20(24)21-11-6-12-29-15-17-7-4-3-5-8-17/h3-5,7-10,13H,6,11-12,14-15H2,1-2H3,(H,21,24). The number of thioether (sulfide) groups is 1. The highest BCUT2D eigenvalue weighted by Crippen LogP contribution is 2.27. The molecule has 10 heteroatoms. The molecule has 2 rings (SSSR count). The maximum Gasteiger partial charge on any atom is 0.271 e. The highest BCUT2D eigenvalue weighted by Gasteiger charge is 2.24. The van der Waals surface area contributed by atoms with Crippen LogP contribution in [0.1, 0.15) is 17.5 Å². The normalized spacial score (nSPS) is 11.1. The first-order chi connectivity index (χ1) is 14.2. The summed E-state index contributed by atoms with van der Waals surface area (Å²) in [6.07, 6.45) is 1.72. The third kappa shape index (κ3) is 7.34. The molecule has 2 aromatic carbocycles. The SMILES string of the molecule is Cc1ccc([N+](=O)[O-])cc1N(CC(=O)NCCCSCc1ccccc1)S(C)(=O)=O. The quantitative estimate of drug-likeness (QED) is 0.319. The number of nitrogens with zero attached hydrogens (tertiary/aromatic N) is 2. The third-order valence-electron chi connectivity index (χ3n) is 4.26. The molecule has 0 bridgehead atoms. The maximum absolute atomic E-state index is 12.3. The summed E-state index contributed by atoms with van der Waals surface area (Å²) in [4.78, 5) is 22.7. The monoisotopic (exact) mass is 451 g/mol. The number of hydrogen-bond acceptors (Lipinski definition) is 6. The lowest BCUT2D eigenvalue weighted by atomic mass is 10.2. The summed E-state index contributed by atoms with van der Waals surface area (Å²) >= 11 is 1.76. The number of rotatable bonds is 11. The van der Waals surface area contributed by atoms with Crippen LogP contribution in [0.15, 0.2) is 48.5 Å². The number of benzene rings is 2. The van der Waals surface area contributed by atoms with E-state index in [9.17, 15) is 23.3 Å². The van der Waals surface area contributed by atoms with Gasteiger partial charge in [-0.25, -0.2) is 8.42 Å². The molecule has 2 aromatic rings. The minimum atomic E-state index is -3.80. The van der Waals surface area contributed by atoms with E-state index in [0.29, 0.717) is 12.1 Å². The molecule has 0 radical (unpaired) electrons. The number of nitro benzene ring substituents is 1. The Morgan fingerprint density at radius 3 is 2.53 bits per heavy atom. The lowest BCUT2D eigenvalue weighted by Crippen LogP contribution is -2.41. The van der Waals surface area contributed by atoms with E-state index in [4.69, 9.17) is 0 Å². The first kappa shape index (κ1) is 23.7. The molecule has 0 aliphatic carbocycles. The van der Waals surface area contributed by atoms with Crippen molar-refractivity contribution in [2.24, 2.45) is 0 Å². The number of aryl methyl sites for hydroxylation is 1. The highest BCUT2D eigenvalue weighted by molar-refractivity contribution is 7.98. The van der Waals surface area contributed by atoms with Crippen LogP contribution in [0, 0.1) is 17.0 Å². The van der Waals surface area contributed by atoms with Crippen molar-refractivity contribution < 1.29 is 18.1 Å². The first-order valence-electron chi connectivity index (χ1n) is 9.29. The molecule has 1 amide bonds. The zero-order chi connectivity index (χ0) is 22.1. The fourth-order valence-corrected chi connectivity index (χ4v) is 4.54. The molecule has 0 fully saturated rings. The van der Waals surface area contributed by atoms with Gasteiger partial charge in [0.05, 0.1) is 16.9 Å². The minimum Gasteiger partial charge on any atom is -0.354 e. The summed E-state index contributed by atoms with van der Waals surface area (Å²) in [5.74, 6) is 1.29. The Labute approximate surface area is 180 Å². The summed E-state index contributed by atoms with van der Waals surface area (Å²) in [7, 11) is -3.80. The first-order valence-corrected chi connectivity index (χ1v) is 12.3. The Morgan fingerprint density at radius 1 is 1.20 bits per heavy atom. The Hall–Kier alpha value is -2.59. The molecule has 8 nitrogen and oxygen atoms in total. The minimum absolute atomic E-state index is 0.125. The van der Waals surface area contributed by atoms with Crippen LogP contribution < -0.4 is 9.62 Å². The van der Waals surface area contributed by atoms with Crippen LogP contribution in [-0.2, 0) is 20.6 Å². The van der Waals surface area contributed by atoms with Gasteiger partial charge < -0.3 is 5.32 Å². The van der Waals surface area contributed by atoms with Crippen molar-refractivity contribution in [2.45, 2.75) is 19.1 Å². The van der Waals surface area contributed by atoms with Gasteiger partial charge in [-0.15, -0.1) is 0 Å². The largest absolute Gasteiger partial charge is 0.354 e. The van der Waals surface area contributed by atoms with Crippen molar-refractivity contribution in [1.29, 1.82) is 0 Å². The molecule has 0 aliphatic rings. The van der Waals surface area contributed by atoms with Gasteiger partial charge in [0.15, 0.2) is 0 Å². The number of non-ortho nitro benzene ring substituents is 1. The predicted octanol–water partition coefficient (Wildman–Crippen LogP) is 3.11. The van der Waals surface area contributed by atoms with E-state index in [1.807, 2.05) is 18.2 Å². The summed E-state index contributed by atoms with van der Waals surface area (Å²) in [6.45, 7) is 1.63. The molecule has 0 heterocycles. The number of sulfonamides is 1. The Bertz CT molecular complexity index is 981. The molecule has 0 saturated heterocycles. The smallest absolute Gasteiger partial charge is 0.271 e. The zero-order valence-electron chi connectivity index (χ0n) is 16.9. The number of nitrogens with one attached hydrogen (secondary N) is 1. The molecule has 0 aromatic heterocycles. The van der Waals surface area contributed by atoms with Crippen LogP contribution in [0.25, 0.3) is 0 Å². The van der Waals surface area contributed by atoms with Gasteiger partial charge in [0.25, 0.3) is 5.69 Å². The van der Waals surface area contributed by atoms with E-state index < -0.39 is 27.4 Å². The molecule has 1 N–H and O–H groups in total. The van der Waals surface area contributed by atoms with Crippen molar-refractivity contribution in [1.82, 2.24) is 5.32 Å². The lowest BCUT2D eigenvalue weighted by molar-refractivity contribution is -0.384. The van der Waals surface area contributed by atoms with Crippen molar-refractivity contribution in [3.63, 3.8) is 0 Å². The predicted molar refractivity (Wildman–Crippen MR) is 120 cm³/mol. The van der Waals surface area contributed by atoms with Gasteiger partial charge in [-0.2, -0.15) is 11.8 Å². The number of carbonyl (C=O) groups is 1. The van der Waals surface area contributed by atoms with Gasteiger partial charge in [0.1, 0.15) is 6.54 Å². The zero-order valence-corrected chi connectivity index (χ0v) is 18.5. The van der Waals surface area contributed by atoms with Gasteiger partial charge >= 0.3 is 0 Å². The van der Waals surface area contributed by atoms with E-state index in [1.165, 1.54) is 23.8 Å². The Morgan fingerprint density at radius 2 is 1.90 bits per heavy atom. The highest BCUT2D eigenvalue weighted by atomic mass is 32.2. The number of hydrogen-bond donors (Lipinski definition) is 1. The molecule has 162 valence electrons. The van der Waals surface area contributed by atoms with E-state index in [0.717, 1.165) is 28.5 Å². The lowest BCUT2D eigenvalue weighted by Gasteiger charge is -2.23. The van der Waals surface area contributed by atoms with E-state index in [2.05, 4.69) is 17.4 Å². The second-order valence-electron chi connectivity index (χ2n) is 6.74. The summed E-state index contributed by atoms with van der Waals surface area (Å²) in [5, 5.41) is 13.8. The molecule has 0 saturated carbocycles. The van der Waals surface area contributed by atoms with Gasteiger partial charge in [0.2, 0.25) is 15.9 Å². The fourth-order valence-electron chi connectivity index (χ4n) is 2.71. The van der Waals surface area contributed by atoms with Gasteiger partial charge in [0, 0.05) is 24.4 Å². The number of nitro groups is 1. The van der Waals surface area contributed by atoms with Crippen LogP contribution in [0.3, 0.4) is 0 Å².